The second kappa shape index (κ2) is 6.87. The third-order valence-corrected chi connectivity index (χ3v) is 2.80. The van der Waals surface area contributed by atoms with Crippen molar-refractivity contribution < 1.29 is 9.50 Å². The van der Waals surface area contributed by atoms with Gasteiger partial charge in [0.15, 0.2) is 0 Å². The van der Waals surface area contributed by atoms with E-state index in [-0.39, 0.29) is 12.2 Å². The third-order valence-electron chi connectivity index (χ3n) is 2.80. The highest BCUT2D eigenvalue weighted by molar-refractivity contribution is 5.48. The molecule has 0 bridgehead atoms. The average Bonchev–Trinajstić information content (AvgIpc) is 2.34. The van der Waals surface area contributed by atoms with E-state index in [1.165, 1.54) is 12.1 Å². The number of benzene rings is 1. The number of nitrogens with zero attached hydrogens (tertiary/aromatic N) is 1. The number of halogens is 1. The van der Waals surface area contributed by atoms with Crippen LogP contribution in [-0.4, -0.2) is 18.3 Å². The maximum Gasteiger partial charge on any atom is 0.143 e. The van der Waals surface area contributed by atoms with E-state index in [0.29, 0.717) is 18.2 Å². The molecule has 4 heteroatoms. The molecular weight excluding hydrogens is 219 g/mol. The minimum Gasteiger partial charge on any atom is -0.396 e. The maximum absolute atomic E-state index is 13.3. The predicted octanol–water partition coefficient (Wildman–Crippen LogP) is 2.52. The molecule has 1 aromatic rings. The standard InChI is InChI=1S/C13H17FN2O/c1-2-10(5-6-17)9-16-12-4-3-11(8-15)13(14)7-12/h3-4,7,10,16-17H,2,5-6,9H2,1H3. The molecule has 1 aromatic carbocycles. The van der Waals surface area contributed by atoms with Gasteiger partial charge in [-0.05, 0) is 30.5 Å². The topological polar surface area (TPSA) is 56.0 Å². The van der Waals surface area contributed by atoms with Crippen molar-refractivity contribution >= 4 is 5.69 Å². The largest absolute Gasteiger partial charge is 0.396 e. The summed E-state index contributed by atoms with van der Waals surface area (Å²) in [5, 5.41) is 20.6. The zero-order valence-corrected chi connectivity index (χ0v) is 9.91. The molecule has 92 valence electrons. The van der Waals surface area contributed by atoms with E-state index in [2.05, 4.69) is 12.2 Å². The van der Waals surface area contributed by atoms with Gasteiger partial charge in [-0.3, -0.25) is 0 Å². The Labute approximate surface area is 101 Å². The molecule has 1 unspecified atom stereocenters. The molecule has 0 heterocycles. The summed E-state index contributed by atoms with van der Waals surface area (Å²) in [4.78, 5) is 0. The van der Waals surface area contributed by atoms with Gasteiger partial charge in [0, 0.05) is 18.8 Å². The van der Waals surface area contributed by atoms with Gasteiger partial charge >= 0.3 is 0 Å². The lowest BCUT2D eigenvalue weighted by atomic mass is 10.0. The highest BCUT2D eigenvalue weighted by Crippen LogP contribution is 2.15. The Kier molecular flexibility index (Phi) is 5.44. The second-order valence-electron chi connectivity index (χ2n) is 3.97. The normalized spacial score (nSPS) is 11.9. The van der Waals surface area contributed by atoms with Gasteiger partial charge in [-0.25, -0.2) is 4.39 Å². The van der Waals surface area contributed by atoms with Crippen LogP contribution in [0.1, 0.15) is 25.3 Å². The summed E-state index contributed by atoms with van der Waals surface area (Å²) < 4.78 is 13.3. The zero-order chi connectivity index (χ0) is 12.7. The minimum absolute atomic E-state index is 0.0537. The van der Waals surface area contributed by atoms with Crippen LogP contribution >= 0.6 is 0 Å². The van der Waals surface area contributed by atoms with Crippen LogP contribution in [0.2, 0.25) is 0 Å². The van der Waals surface area contributed by atoms with E-state index < -0.39 is 5.82 Å². The fourth-order valence-corrected chi connectivity index (χ4v) is 1.61. The van der Waals surface area contributed by atoms with Gasteiger partial charge in [-0.15, -0.1) is 0 Å². The van der Waals surface area contributed by atoms with E-state index in [4.69, 9.17) is 10.4 Å². The molecule has 0 saturated heterocycles. The molecule has 17 heavy (non-hydrogen) atoms. The van der Waals surface area contributed by atoms with E-state index >= 15 is 0 Å². The Morgan fingerprint density at radius 3 is 2.82 bits per heavy atom. The molecule has 0 aliphatic rings. The molecule has 0 aromatic heterocycles. The zero-order valence-electron chi connectivity index (χ0n) is 9.91. The Hall–Kier alpha value is -1.60. The van der Waals surface area contributed by atoms with Crippen LogP contribution in [-0.2, 0) is 0 Å². The minimum atomic E-state index is -0.507. The summed E-state index contributed by atoms with van der Waals surface area (Å²) in [5.41, 5.74) is 0.718. The Morgan fingerprint density at radius 1 is 1.53 bits per heavy atom. The Balaban J connectivity index is 2.58. The fraction of sp³-hybridized carbons (Fsp3) is 0.462. The van der Waals surface area contributed by atoms with Crippen molar-refractivity contribution in [2.75, 3.05) is 18.5 Å². The SMILES string of the molecule is CCC(CCO)CNc1ccc(C#N)c(F)c1. The molecule has 0 radical (unpaired) electrons. The summed E-state index contributed by atoms with van der Waals surface area (Å²) >= 11 is 0. The van der Waals surface area contributed by atoms with Crippen molar-refractivity contribution in [1.82, 2.24) is 0 Å². The van der Waals surface area contributed by atoms with Crippen LogP contribution in [0.5, 0.6) is 0 Å². The predicted molar refractivity (Wildman–Crippen MR) is 65.1 cm³/mol. The summed E-state index contributed by atoms with van der Waals surface area (Å²) in [6, 6.07) is 6.26. The van der Waals surface area contributed by atoms with Crippen LogP contribution in [0.3, 0.4) is 0 Å². The first-order chi connectivity index (χ1) is 8.21. The number of hydrogen-bond donors (Lipinski definition) is 2. The lowest BCUT2D eigenvalue weighted by Gasteiger charge is -2.15. The lowest BCUT2D eigenvalue weighted by molar-refractivity contribution is 0.258. The second-order valence-corrected chi connectivity index (χ2v) is 3.97. The van der Waals surface area contributed by atoms with E-state index in [1.807, 2.05) is 0 Å². The quantitative estimate of drug-likeness (QED) is 0.798. The van der Waals surface area contributed by atoms with Gasteiger partial charge in [-0.1, -0.05) is 13.3 Å². The van der Waals surface area contributed by atoms with Crippen molar-refractivity contribution in [3.8, 4) is 6.07 Å². The van der Waals surface area contributed by atoms with Crippen LogP contribution < -0.4 is 5.32 Å². The molecule has 3 nitrogen and oxygen atoms in total. The molecule has 0 amide bonds. The molecule has 0 spiro atoms. The van der Waals surface area contributed by atoms with Crippen molar-refractivity contribution in [3.63, 3.8) is 0 Å². The smallest absolute Gasteiger partial charge is 0.143 e. The number of anilines is 1. The van der Waals surface area contributed by atoms with E-state index in [1.54, 1.807) is 12.1 Å². The van der Waals surface area contributed by atoms with Crippen molar-refractivity contribution in [2.24, 2.45) is 5.92 Å². The summed E-state index contributed by atoms with van der Waals surface area (Å²) in [5.74, 6) is -0.133. The first-order valence-electron chi connectivity index (χ1n) is 5.75. The summed E-state index contributed by atoms with van der Waals surface area (Å²) in [7, 11) is 0. The number of aliphatic hydroxyl groups excluding tert-OH is 1. The van der Waals surface area contributed by atoms with Gasteiger partial charge in [0.05, 0.1) is 5.56 Å². The molecule has 1 rings (SSSR count). The maximum atomic E-state index is 13.3. The van der Waals surface area contributed by atoms with Gasteiger partial charge < -0.3 is 10.4 Å². The Morgan fingerprint density at radius 2 is 2.29 bits per heavy atom. The number of hydrogen-bond acceptors (Lipinski definition) is 3. The van der Waals surface area contributed by atoms with Crippen LogP contribution in [0, 0.1) is 23.1 Å². The van der Waals surface area contributed by atoms with Crippen LogP contribution in [0.15, 0.2) is 18.2 Å². The van der Waals surface area contributed by atoms with Crippen LogP contribution in [0.25, 0.3) is 0 Å². The molecule has 0 fully saturated rings. The summed E-state index contributed by atoms with van der Waals surface area (Å²) in [6.45, 7) is 2.92. The molecule has 0 saturated carbocycles. The van der Waals surface area contributed by atoms with Gasteiger partial charge in [0.25, 0.3) is 0 Å². The summed E-state index contributed by atoms with van der Waals surface area (Å²) in [6.07, 6.45) is 1.70. The van der Waals surface area contributed by atoms with E-state index in [9.17, 15) is 4.39 Å². The molecule has 2 N–H and O–H groups in total. The monoisotopic (exact) mass is 236 g/mol. The molecule has 1 atom stereocenters. The molecular formula is C13H17FN2O. The van der Waals surface area contributed by atoms with Gasteiger partial charge in [0.1, 0.15) is 11.9 Å². The number of nitrogens with one attached hydrogen (secondary N) is 1. The molecule has 0 aliphatic carbocycles. The highest BCUT2D eigenvalue weighted by atomic mass is 19.1. The number of rotatable bonds is 6. The highest BCUT2D eigenvalue weighted by Gasteiger charge is 2.06. The van der Waals surface area contributed by atoms with Crippen molar-refractivity contribution in [3.05, 3.63) is 29.6 Å². The first kappa shape index (κ1) is 13.5. The van der Waals surface area contributed by atoms with Crippen LogP contribution in [0.4, 0.5) is 10.1 Å². The van der Waals surface area contributed by atoms with Gasteiger partial charge in [-0.2, -0.15) is 5.26 Å². The Bertz CT molecular complexity index is 401. The fourth-order valence-electron chi connectivity index (χ4n) is 1.61. The third kappa shape index (κ3) is 4.04. The number of nitriles is 1. The number of aliphatic hydroxyl groups is 1. The van der Waals surface area contributed by atoms with Gasteiger partial charge in [0.2, 0.25) is 0 Å². The van der Waals surface area contributed by atoms with E-state index in [0.717, 1.165) is 12.8 Å². The molecule has 0 aliphatic heterocycles. The lowest BCUT2D eigenvalue weighted by Crippen LogP contribution is -2.15. The average molecular weight is 236 g/mol. The first-order valence-corrected chi connectivity index (χ1v) is 5.75. The van der Waals surface area contributed by atoms with Crippen molar-refractivity contribution in [2.45, 2.75) is 19.8 Å². The van der Waals surface area contributed by atoms with Crippen molar-refractivity contribution in [1.29, 1.82) is 5.26 Å².